The predicted octanol–water partition coefficient (Wildman–Crippen LogP) is 4.78. The lowest BCUT2D eigenvalue weighted by atomic mass is 10.2. The largest absolute Gasteiger partial charge is 0.331 e. The SMILES string of the molecule is CCCOP(Cl)N(C(C)CC)C(C)CC. The molecule has 92 valence electrons. The highest BCUT2D eigenvalue weighted by molar-refractivity contribution is 7.78. The quantitative estimate of drug-likeness (QED) is 0.578. The van der Waals surface area contributed by atoms with Crippen LogP contribution in [0.15, 0.2) is 0 Å². The molecule has 2 nitrogen and oxygen atoms in total. The van der Waals surface area contributed by atoms with E-state index < -0.39 is 7.65 Å². The zero-order valence-corrected chi connectivity index (χ0v) is 12.3. The van der Waals surface area contributed by atoms with Crippen molar-refractivity contribution in [2.45, 2.75) is 66.0 Å². The van der Waals surface area contributed by atoms with Crippen molar-refractivity contribution in [3.8, 4) is 0 Å². The first-order chi connectivity index (χ1) is 7.08. The van der Waals surface area contributed by atoms with Crippen LogP contribution in [-0.2, 0) is 4.52 Å². The molecule has 0 aliphatic heterocycles. The van der Waals surface area contributed by atoms with Gasteiger partial charge in [-0.1, -0.05) is 20.8 Å². The van der Waals surface area contributed by atoms with E-state index in [0.29, 0.717) is 12.1 Å². The fraction of sp³-hybridized carbons (Fsp3) is 1.00. The maximum atomic E-state index is 6.34. The first-order valence-corrected chi connectivity index (χ1v) is 8.07. The number of nitrogens with zero attached hydrogens (tertiary/aromatic N) is 1. The second kappa shape index (κ2) is 8.75. The lowest BCUT2D eigenvalue weighted by Crippen LogP contribution is -2.34. The van der Waals surface area contributed by atoms with Crippen LogP contribution in [0.1, 0.15) is 53.9 Å². The summed E-state index contributed by atoms with van der Waals surface area (Å²) >= 11 is 6.34. The van der Waals surface area contributed by atoms with E-state index in [2.05, 4.69) is 39.3 Å². The van der Waals surface area contributed by atoms with Gasteiger partial charge >= 0.3 is 0 Å². The molecule has 4 heteroatoms. The van der Waals surface area contributed by atoms with E-state index in [9.17, 15) is 0 Å². The van der Waals surface area contributed by atoms with Gasteiger partial charge in [0.1, 0.15) is 0 Å². The highest BCUT2D eigenvalue weighted by Gasteiger charge is 2.26. The molecule has 0 aromatic rings. The summed E-state index contributed by atoms with van der Waals surface area (Å²) in [6, 6.07) is 1.00. The minimum Gasteiger partial charge on any atom is -0.331 e. The molecule has 15 heavy (non-hydrogen) atoms. The molecule has 0 aliphatic carbocycles. The van der Waals surface area contributed by atoms with E-state index in [4.69, 9.17) is 15.8 Å². The van der Waals surface area contributed by atoms with Crippen molar-refractivity contribution in [1.82, 2.24) is 4.67 Å². The zero-order chi connectivity index (χ0) is 11.8. The van der Waals surface area contributed by atoms with Crippen LogP contribution in [0.4, 0.5) is 0 Å². The molecular weight excluding hydrogens is 229 g/mol. The van der Waals surface area contributed by atoms with Gasteiger partial charge in [-0.2, -0.15) is 0 Å². The third-order valence-corrected chi connectivity index (χ3v) is 5.03. The molecule has 0 saturated heterocycles. The van der Waals surface area contributed by atoms with Gasteiger partial charge in [-0.3, -0.25) is 0 Å². The topological polar surface area (TPSA) is 12.5 Å². The van der Waals surface area contributed by atoms with Gasteiger partial charge < -0.3 is 4.52 Å². The Kier molecular flexibility index (Phi) is 9.13. The molecule has 0 saturated carbocycles. The van der Waals surface area contributed by atoms with Crippen molar-refractivity contribution in [3.05, 3.63) is 0 Å². The van der Waals surface area contributed by atoms with Crippen LogP contribution in [0.2, 0.25) is 0 Å². The Bertz CT molecular complexity index is 150. The van der Waals surface area contributed by atoms with Crippen LogP contribution in [0.5, 0.6) is 0 Å². The van der Waals surface area contributed by atoms with Gasteiger partial charge in [-0.05, 0) is 44.4 Å². The summed E-state index contributed by atoms with van der Waals surface area (Å²) in [6.07, 6.45) is 3.26. The molecule has 3 atom stereocenters. The molecule has 0 fully saturated rings. The first-order valence-electron chi connectivity index (χ1n) is 5.95. The van der Waals surface area contributed by atoms with E-state index in [1.807, 2.05) is 0 Å². The first kappa shape index (κ1) is 15.6. The Morgan fingerprint density at radius 2 is 1.60 bits per heavy atom. The fourth-order valence-electron chi connectivity index (χ4n) is 1.35. The van der Waals surface area contributed by atoms with Crippen LogP contribution in [0, 0.1) is 0 Å². The minimum absolute atomic E-state index is 0.500. The predicted molar refractivity (Wildman–Crippen MR) is 70.4 cm³/mol. The summed E-state index contributed by atoms with van der Waals surface area (Å²) in [7, 11) is -0.935. The Labute approximate surface area is 101 Å². The van der Waals surface area contributed by atoms with E-state index in [1.54, 1.807) is 0 Å². The van der Waals surface area contributed by atoms with Crippen LogP contribution in [0.3, 0.4) is 0 Å². The van der Waals surface area contributed by atoms with Crippen molar-refractivity contribution in [3.63, 3.8) is 0 Å². The molecule has 0 bridgehead atoms. The third-order valence-electron chi connectivity index (χ3n) is 2.67. The van der Waals surface area contributed by atoms with Gasteiger partial charge in [-0.15, -0.1) is 0 Å². The Balaban J connectivity index is 4.33. The molecule has 0 N–H and O–H groups in total. The van der Waals surface area contributed by atoms with Gasteiger partial charge in [0.25, 0.3) is 0 Å². The number of hydrogen-bond donors (Lipinski definition) is 0. The van der Waals surface area contributed by atoms with Gasteiger partial charge in [0, 0.05) is 12.1 Å². The number of rotatable bonds is 8. The zero-order valence-electron chi connectivity index (χ0n) is 10.7. The number of halogens is 1. The standard InChI is InChI=1S/C11H25ClNOP/c1-6-9-14-15(12)13(10(4)7-2)11(5)8-3/h10-11H,6-9H2,1-5H3. The average molecular weight is 254 g/mol. The van der Waals surface area contributed by atoms with E-state index in [1.165, 1.54) is 0 Å². The second-order valence-corrected chi connectivity index (χ2v) is 5.99. The summed E-state index contributed by atoms with van der Waals surface area (Å²) in [5, 5.41) is 0. The van der Waals surface area contributed by atoms with E-state index in [-0.39, 0.29) is 0 Å². The Morgan fingerprint density at radius 1 is 1.13 bits per heavy atom. The van der Waals surface area contributed by atoms with Crippen LogP contribution in [0.25, 0.3) is 0 Å². The highest BCUT2D eigenvalue weighted by Crippen LogP contribution is 2.50. The summed E-state index contributed by atoms with van der Waals surface area (Å²) in [6.45, 7) is 11.7. The van der Waals surface area contributed by atoms with Crippen LogP contribution in [-0.4, -0.2) is 23.4 Å². The van der Waals surface area contributed by atoms with Crippen molar-refractivity contribution in [1.29, 1.82) is 0 Å². The summed E-state index contributed by atoms with van der Waals surface area (Å²) < 4.78 is 7.98. The van der Waals surface area contributed by atoms with E-state index in [0.717, 1.165) is 25.9 Å². The highest BCUT2D eigenvalue weighted by atomic mass is 35.7. The van der Waals surface area contributed by atoms with Crippen LogP contribution >= 0.6 is 18.9 Å². The minimum atomic E-state index is -0.935. The third kappa shape index (κ3) is 5.49. The molecule has 0 aromatic carbocycles. The molecule has 0 radical (unpaired) electrons. The van der Waals surface area contributed by atoms with Gasteiger partial charge in [-0.25, -0.2) is 4.67 Å². The van der Waals surface area contributed by atoms with Crippen molar-refractivity contribution < 1.29 is 4.52 Å². The average Bonchev–Trinajstić information content (AvgIpc) is 2.25. The number of hydrogen-bond acceptors (Lipinski definition) is 2. The summed E-state index contributed by atoms with van der Waals surface area (Å²) in [5.41, 5.74) is 0. The smallest absolute Gasteiger partial charge is 0.207 e. The molecule has 0 heterocycles. The van der Waals surface area contributed by atoms with Gasteiger partial charge in [0.15, 0.2) is 0 Å². The summed E-state index contributed by atoms with van der Waals surface area (Å²) in [5.74, 6) is 0. The van der Waals surface area contributed by atoms with Crippen molar-refractivity contribution in [2.75, 3.05) is 6.61 Å². The molecule has 0 aliphatic rings. The lowest BCUT2D eigenvalue weighted by Gasteiger charge is -2.35. The summed E-state index contributed by atoms with van der Waals surface area (Å²) in [4.78, 5) is 0. The van der Waals surface area contributed by atoms with Crippen LogP contribution < -0.4 is 0 Å². The molecule has 0 spiro atoms. The van der Waals surface area contributed by atoms with Gasteiger partial charge in [0.05, 0.1) is 6.61 Å². The fourth-order valence-corrected chi connectivity index (χ4v) is 3.87. The molecular formula is C11H25ClNOP. The molecule has 0 aromatic heterocycles. The van der Waals surface area contributed by atoms with Crippen molar-refractivity contribution >= 4 is 18.9 Å². The normalized spacial score (nSPS) is 17.8. The van der Waals surface area contributed by atoms with Gasteiger partial charge in [0.2, 0.25) is 7.65 Å². The second-order valence-electron chi connectivity index (χ2n) is 3.95. The lowest BCUT2D eigenvalue weighted by molar-refractivity contribution is 0.236. The molecule has 0 rings (SSSR count). The molecule has 3 unspecified atom stereocenters. The maximum absolute atomic E-state index is 6.34. The Hall–Kier alpha value is 0.640. The molecule has 0 amide bonds. The van der Waals surface area contributed by atoms with E-state index >= 15 is 0 Å². The monoisotopic (exact) mass is 253 g/mol. The maximum Gasteiger partial charge on any atom is 0.207 e. The Morgan fingerprint density at radius 3 is 1.93 bits per heavy atom. The van der Waals surface area contributed by atoms with Crippen molar-refractivity contribution in [2.24, 2.45) is 0 Å².